The summed E-state index contributed by atoms with van der Waals surface area (Å²) in [5.41, 5.74) is -0.887. The topological polar surface area (TPSA) is 70.1 Å². The van der Waals surface area contributed by atoms with Gasteiger partial charge in [0.05, 0.1) is 19.8 Å². The van der Waals surface area contributed by atoms with E-state index in [1.807, 2.05) is 0 Å². The molecular formula is C12H20N2O4. The lowest BCUT2D eigenvalue weighted by Gasteiger charge is -2.33. The summed E-state index contributed by atoms with van der Waals surface area (Å²) in [5.74, 6) is -0.831. The molecule has 0 bridgehead atoms. The average Bonchev–Trinajstić information content (AvgIpc) is 2.73. The van der Waals surface area contributed by atoms with E-state index in [0.29, 0.717) is 39.3 Å². The van der Waals surface area contributed by atoms with Gasteiger partial charge in [-0.05, 0) is 26.3 Å². The third-order valence-electron chi connectivity index (χ3n) is 3.94. The second kappa shape index (κ2) is 5.24. The van der Waals surface area contributed by atoms with Crippen LogP contribution in [0.3, 0.4) is 0 Å². The maximum atomic E-state index is 12.1. The number of carboxylic acid groups (broad SMARTS) is 1. The maximum Gasteiger partial charge on any atom is 0.323 e. The Labute approximate surface area is 106 Å². The van der Waals surface area contributed by atoms with Gasteiger partial charge in [0.2, 0.25) is 5.91 Å². The van der Waals surface area contributed by atoms with E-state index >= 15 is 0 Å². The van der Waals surface area contributed by atoms with E-state index < -0.39 is 11.5 Å². The number of carboxylic acids is 1. The first-order valence-electron chi connectivity index (χ1n) is 6.38. The van der Waals surface area contributed by atoms with Crippen molar-refractivity contribution in [3.63, 3.8) is 0 Å². The normalized spacial score (nSPS) is 29.5. The molecule has 2 heterocycles. The lowest BCUT2D eigenvalue weighted by atomic mass is 9.99. The Morgan fingerprint density at radius 1 is 1.28 bits per heavy atom. The number of likely N-dealkylation sites (tertiary alicyclic amines) is 1. The molecule has 6 nitrogen and oxygen atoms in total. The monoisotopic (exact) mass is 256 g/mol. The van der Waals surface area contributed by atoms with E-state index in [9.17, 15) is 14.7 Å². The van der Waals surface area contributed by atoms with E-state index in [1.165, 1.54) is 0 Å². The molecule has 0 saturated carbocycles. The van der Waals surface area contributed by atoms with Crippen LogP contribution in [0.15, 0.2) is 0 Å². The Morgan fingerprint density at radius 2 is 1.94 bits per heavy atom. The molecule has 0 aromatic rings. The van der Waals surface area contributed by atoms with Crippen LogP contribution in [0.25, 0.3) is 0 Å². The predicted molar refractivity (Wildman–Crippen MR) is 64.2 cm³/mol. The van der Waals surface area contributed by atoms with Crippen LogP contribution in [0, 0.1) is 0 Å². The van der Waals surface area contributed by atoms with Crippen LogP contribution >= 0.6 is 0 Å². The zero-order valence-corrected chi connectivity index (χ0v) is 10.7. The summed E-state index contributed by atoms with van der Waals surface area (Å²) in [5, 5.41) is 9.28. The largest absolute Gasteiger partial charge is 0.480 e. The lowest BCUT2D eigenvalue weighted by Crippen LogP contribution is -2.53. The standard InChI is InChI=1S/C12H20N2O4/c1-12(11(16)17)3-2-4-14(12)9-10(15)13-5-7-18-8-6-13/h2-9H2,1H3,(H,16,17). The highest BCUT2D eigenvalue weighted by Crippen LogP contribution is 2.28. The highest BCUT2D eigenvalue weighted by Gasteiger charge is 2.44. The molecular weight excluding hydrogens is 236 g/mol. The summed E-state index contributed by atoms with van der Waals surface area (Å²) in [4.78, 5) is 26.9. The minimum atomic E-state index is -0.887. The van der Waals surface area contributed by atoms with Gasteiger partial charge in [0.1, 0.15) is 5.54 Å². The van der Waals surface area contributed by atoms with Crippen LogP contribution in [0.2, 0.25) is 0 Å². The number of hydrogen-bond acceptors (Lipinski definition) is 4. The molecule has 1 unspecified atom stereocenters. The van der Waals surface area contributed by atoms with Crippen LogP contribution in [0.5, 0.6) is 0 Å². The van der Waals surface area contributed by atoms with Gasteiger partial charge >= 0.3 is 5.97 Å². The fraction of sp³-hybridized carbons (Fsp3) is 0.833. The Morgan fingerprint density at radius 3 is 2.56 bits per heavy atom. The van der Waals surface area contributed by atoms with Gasteiger partial charge in [0.15, 0.2) is 0 Å². The van der Waals surface area contributed by atoms with Gasteiger partial charge in [-0.1, -0.05) is 0 Å². The molecule has 2 fully saturated rings. The fourth-order valence-corrected chi connectivity index (χ4v) is 2.59. The van der Waals surface area contributed by atoms with Crippen molar-refractivity contribution in [2.45, 2.75) is 25.3 Å². The molecule has 2 rings (SSSR count). The van der Waals surface area contributed by atoms with Crippen molar-refractivity contribution in [2.24, 2.45) is 0 Å². The number of ether oxygens (including phenoxy) is 1. The second-order valence-corrected chi connectivity index (χ2v) is 5.10. The molecule has 0 spiro atoms. The summed E-state index contributed by atoms with van der Waals surface area (Å²) < 4.78 is 5.20. The third-order valence-corrected chi connectivity index (χ3v) is 3.94. The van der Waals surface area contributed by atoms with Crippen LogP contribution in [-0.4, -0.2) is 71.7 Å². The van der Waals surface area contributed by atoms with Gasteiger partial charge in [-0.2, -0.15) is 0 Å². The molecule has 0 aromatic carbocycles. The number of carbonyl (C=O) groups is 2. The second-order valence-electron chi connectivity index (χ2n) is 5.10. The van der Waals surface area contributed by atoms with E-state index in [1.54, 1.807) is 16.7 Å². The Kier molecular flexibility index (Phi) is 3.87. The van der Waals surface area contributed by atoms with Crippen LogP contribution < -0.4 is 0 Å². The molecule has 1 atom stereocenters. The highest BCUT2D eigenvalue weighted by molar-refractivity contribution is 5.82. The number of carbonyl (C=O) groups excluding carboxylic acids is 1. The minimum Gasteiger partial charge on any atom is -0.480 e. The molecule has 0 aromatic heterocycles. The number of morpholine rings is 1. The van der Waals surface area contributed by atoms with E-state index in [-0.39, 0.29) is 12.5 Å². The zero-order chi connectivity index (χ0) is 13.2. The van der Waals surface area contributed by atoms with Crippen molar-refractivity contribution in [3.05, 3.63) is 0 Å². The van der Waals surface area contributed by atoms with Gasteiger partial charge in [-0.25, -0.2) is 0 Å². The van der Waals surface area contributed by atoms with Crippen LogP contribution in [0.1, 0.15) is 19.8 Å². The van der Waals surface area contributed by atoms with Crippen molar-refractivity contribution in [1.82, 2.24) is 9.80 Å². The molecule has 18 heavy (non-hydrogen) atoms. The lowest BCUT2D eigenvalue weighted by molar-refractivity contribution is -0.150. The zero-order valence-electron chi connectivity index (χ0n) is 10.7. The summed E-state index contributed by atoms with van der Waals surface area (Å²) in [6.45, 7) is 4.94. The van der Waals surface area contributed by atoms with Crippen molar-refractivity contribution in [1.29, 1.82) is 0 Å². The van der Waals surface area contributed by atoms with Crippen molar-refractivity contribution in [3.8, 4) is 0 Å². The molecule has 6 heteroatoms. The van der Waals surface area contributed by atoms with Gasteiger partial charge < -0.3 is 14.7 Å². The fourth-order valence-electron chi connectivity index (χ4n) is 2.59. The molecule has 1 amide bonds. The third kappa shape index (κ3) is 2.49. The number of aliphatic carboxylic acids is 1. The van der Waals surface area contributed by atoms with Crippen molar-refractivity contribution < 1.29 is 19.4 Å². The predicted octanol–water partition coefficient (Wildman–Crippen LogP) is -0.216. The highest BCUT2D eigenvalue weighted by atomic mass is 16.5. The summed E-state index contributed by atoms with van der Waals surface area (Å²) in [7, 11) is 0. The van der Waals surface area contributed by atoms with Gasteiger partial charge in [0, 0.05) is 13.1 Å². The van der Waals surface area contributed by atoms with Crippen LogP contribution in [-0.2, 0) is 14.3 Å². The average molecular weight is 256 g/mol. The van der Waals surface area contributed by atoms with Crippen molar-refractivity contribution in [2.75, 3.05) is 39.4 Å². The first-order valence-corrected chi connectivity index (χ1v) is 6.38. The number of nitrogens with zero attached hydrogens (tertiary/aromatic N) is 2. The van der Waals surface area contributed by atoms with Crippen LogP contribution in [0.4, 0.5) is 0 Å². The van der Waals surface area contributed by atoms with E-state index in [2.05, 4.69) is 0 Å². The molecule has 2 aliphatic heterocycles. The molecule has 0 aliphatic carbocycles. The quantitative estimate of drug-likeness (QED) is 0.756. The Hall–Kier alpha value is -1.14. The smallest absolute Gasteiger partial charge is 0.323 e. The molecule has 0 radical (unpaired) electrons. The first-order chi connectivity index (χ1) is 8.54. The Balaban J connectivity index is 1.95. The SMILES string of the molecule is CC1(C(=O)O)CCCN1CC(=O)N1CCOCC1. The summed E-state index contributed by atoms with van der Waals surface area (Å²) in [6.07, 6.45) is 1.44. The summed E-state index contributed by atoms with van der Waals surface area (Å²) >= 11 is 0. The Bertz CT molecular complexity index is 341. The molecule has 1 N–H and O–H groups in total. The maximum absolute atomic E-state index is 12.1. The number of amides is 1. The molecule has 2 aliphatic rings. The first kappa shape index (κ1) is 13.3. The number of rotatable bonds is 3. The molecule has 102 valence electrons. The molecule has 2 saturated heterocycles. The van der Waals surface area contributed by atoms with Gasteiger partial charge in [-0.15, -0.1) is 0 Å². The minimum absolute atomic E-state index is 0.00711. The summed E-state index contributed by atoms with van der Waals surface area (Å²) in [6, 6.07) is 0. The van der Waals surface area contributed by atoms with Gasteiger partial charge in [-0.3, -0.25) is 14.5 Å². The number of hydrogen-bond donors (Lipinski definition) is 1. The van der Waals surface area contributed by atoms with E-state index in [0.717, 1.165) is 6.42 Å². The van der Waals surface area contributed by atoms with Crippen molar-refractivity contribution >= 4 is 11.9 Å². The van der Waals surface area contributed by atoms with Gasteiger partial charge in [0.25, 0.3) is 0 Å². The van der Waals surface area contributed by atoms with E-state index in [4.69, 9.17) is 4.74 Å².